The van der Waals surface area contributed by atoms with Crippen LogP contribution in [0.4, 0.5) is 5.69 Å². The van der Waals surface area contributed by atoms with E-state index in [0.717, 1.165) is 11.1 Å². The van der Waals surface area contributed by atoms with Crippen molar-refractivity contribution in [3.63, 3.8) is 0 Å². The number of hydrogen-bond acceptors (Lipinski definition) is 4. The highest BCUT2D eigenvalue weighted by Gasteiger charge is 2.26. The topological polar surface area (TPSA) is 86.8 Å². The molecule has 8 heteroatoms. The van der Waals surface area contributed by atoms with E-state index in [1.807, 2.05) is 38.1 Å². The molecule has 1 aliphatic heterocycles. The second-order valence-corrected chi connectivity index (χ2v) is 10.1. The quantitative estimate of drug-likeness (QED) is 0.607. The number of nitrogens with one attached hydrogen (secondary N) is 1. The fourth-order valence-corrected chi connectivity index (χ4v) is 4.90. The van der Waals surface area contributed by atoms with Crippen LogP contribution in [0, 0.1) is 13.8 Å². The summed E-state index contributed by atoms with van der Waals surface area (Å²) in [6.45, 7) is 5.63. The van der Waals surface area contributed by atoms with Gasteiger partial charge in [-0.05, 0) is 73.5 Å². The molecule has 1 aliphatic rings. The van der Waals surface area contributed by atoms with Crippen molar-refractivity contribution in [1.29, 1.82) is 0 Å². The third-order valence-electron chi connectivity index (χ3n) is 6.05. The molecule has 1 heterocycles. The molecule has 1 saturated heterocycles. The van der Waals surface area contributed by atoms with Gasteiger partial charge in [0.1, 0.15) is 0 Å². The minimum absolute atomic E-state index is 0.0430. The number of rotatable bonds is 5. The number of piperazine rings is 1. The summed E-state index contributed by atoms with van der Waals surface area (Å²) < 4.78 is 28.1. The maximum Gasteiger partial charge on any atom is 0.261 e. The van der Waals surface area contributed by atoms with Crippen LogP contribution in [0.25, 0.3) is 0 Å². The van der Waals surface area contributed by atoms with Crippen LogP contribution in [0.2, 0.25) is 0 Å². The molecule has 0 unspecified atom stereocenters. The molecule has 176 valence electrons. The number of amides is 2. The SMILES string of the molecule is Cc1ccc(NS(=O)(=O)c2ccc(C(=O)N3CCN(C(=O)c4ccccc4)CC3)cc2)cc1C. The van der Waals surface area contributed by atoms with Crippen molar-refractivity contribution >= 4 is 27.5 Å². The lowest BCUT2D eigenvalue weighted by Crippen LogP contribution is -2.50. The Labute approximate surface area is 200 Å². The smallest absolute Gasteiger partial charge is 0.261 e. The summed E-state index contributed by atoms with van der Waals surface area (Å²) in [5, 5.41) is 0. The van der Waals surface area contributed by atoms with Gasteiger partial charge in [-0.2, -0.15) is 0 Å². The predicted octanol–water partition coefficient (Wildman–Crippen LogP) is 3.70. The number of carbonyl (C=O) groups excluding carboxylic acids is 2. The maximum absolute atomic E-state index is 12.9. The van der Waals surface area contributed by atoms with E-state index in [1.54, 1.807) is 34.1 Å². The summed E-state index contributed by atoms with van der Waals surface area (Å²) in [6.07, 6.45) is 0. The molecule has 3 aromatic rings. The van der Waals surface area contributed by atoms with Gasteiger partial charge in [0.25, 0.3) is 21.8 Å². The van der Waals surface area contributed by atoms with E-state index in [1.165, 1.54) is 24.3 Å². The molecule has 1 fully saturated rings. The van der Waals surface area contributed by atoms with Gasteiger partial charge in [-0.3, -0.25) is 14.3 Å². The van der Waals surface area contributed by atoms with Crippen LogP contribution in [-0.2, 0) is 10.0 Å². The summed E-state index contributed by atoms with van der Waals surface area (Å²) in [5.41, 5.74) is 3.61. The van der Waals surface area contributed by atoms with E-state index in [2.05, 4.69) is 4.72 Å². The van der Waals surface area contributed by atoms with Crippen molar-refractivity contribution in [2.24, 2.45) is 0 Å². The Hall–Kier alpha value is -3.65. The van der Waals surface area contributed by atoms with E-state index in [0.29, 0.717) is 43.0 Å². The molecule has 0 aliphatic carbocycles. The number of sulfonamides is 1. The maximum atomic E-state index is 12.9. The van der Waals surface area contributed by atoms with Crippen molar-refractivity contribution < 1.29 is 18.0 Å². The first-order chi connectivity index (χ1) is 16.2. The fourth-order valence-electron chi connectivity index (χ4n) is 3.85. The molecule has 0 atom stereocenters. The molecule has 3 aromatic carbocycles. The number of anilines is 1. The van der Waals surface area contributed by atoms with Crippen molar-refractivity contribution in [3.8, 4) is 0 Å². The van der Waals surface area contributed by atoms with Crippen LogP contribution < -0.4 is 4.72 Å². The molecule has 0 aromatic heterocycles. The highest BCUT2D eigenvalue weighted by atomic mass is 32.2. The second-order valence-electron chi connectivity index (χ2n) is 8.38. The van der Waals surface area contributed by atoms with Gasteiger partial charge in [0.2, 0.25) is 0 Å². The van der Waals surface area contributed by atoms with Crippen LogP contribution in [0.1, 0.15) is 31.8 Å². The lowest BCUT2D eigenvalue weighted by atomic mass is 10.1. The van der Waals surface area contributed by atoms with Crippen LogP contribution >= 0.6 is 0 Å². The zero-order valence-electron chi connectivity index (χ0n) is 19.2. The van der Waals surface area contributed by atoms with Gasteiger partial charge in [-0.25, -0.2) is 8.42 Å². The summed E-state index contributed by atoms with van der Waals surface area (Å²) in [4.78, 5) is 29.0. The van der Waals surface area contributed by atoms with Gasteiger partial charge in [0.05, 0.1) is 4.90 Å². The molecule has 4 rings (SSSR count). The monoisotopic (exact) mass is 477 g/mol. The number of benzene rings is 3. The first-order valence-corrected chi connectivity index (χ1v) is 12.6. The molecule has 34 heavy (non-hydrogen) atoms. The third-order valence-corrected chi connectivity index (χ3v) is 7.44. The lowest BCUT2D eigenvalue weighted by Gasteiger charge is -2.35. The van der Waals surface area contributed by atoms with Crippen molar-refractivity contribution in [1.82, 2.24) is 9.80 Å². The first kappa shape index (κ1) is 23.5. The number of aryl methyl sites for hydroxylation is 2. The lowest BCUT2D eigenvalue weighted by molar-refractivity contribution is 0.0535. The Morgan fingerprint density at radius 1 is 0.706 bits per heavy atom. The van der Waals surface area contributed by atoms with Crippen molar-refractivity contribution in [2.45, 2.75) is 18.7 Å². The average Bonchev–Trinajstić information content (AvgIpc) is 2.86. The number of carbonyl (C=O) groups is 2. The predicted molar refractivity (Wildman–Crippen MR) is 131 cm³/mol. The Kier molecular flexibility index (Phi) is 6.70. The fraction of sp³-hybridized carbons (Fsp3) is 0.231. The van der Waals surface area contributed by atoms with Crippen molar-refractivity contribution in [2.75, 3.05) is 30.9 Å². The van der Waals surface area contributed by atoms with Gasteiger partial charge in [0.15, 0.2) is 0 Å². The summed E-state index contributed by atoms with van der Waals surface area (Å²) >= 11 is 0. The normalized spacial score (nSPS) is 14.1. The largest absolute Gasteiger partial charge is 0.335 e. The molecule has 0 spiro atoms. The molecule has 0 bridgehead atoms. The Morgan fingerprint density at radius 2 is 1.24 bits per heavy atom. The van der Waals surface area contributed by atoms with E-state index >= 15 is 0 Å². The molecule has 2 amide bonds. The van der Waals surface area contributed by atoms with E-state index in [9.17, 15) is 18.0 Å². The minimum Gasteiger partial charge on any atom is -0.335 e. The van der Waals surface area contributed by atoms with Crippen molar-refractivity contribution in [3.05, 3.63) is 95.1 Å². The van der Waals surface area contributed by atoms with E-state index in [4.69, 9.17) is 0 Å². The standard InChI is InChI=1S/C26H27N3O4S/c1-19-8-11-23(18-20(19)2)27-34(32,33)24-12-9-22(10-13-24)26(31)29-16-14-28(15-17-29)25(30)21-6-4-3-5-7-21/h3-13,18,27H,14-17H2,1-2H3. The zero-order chi connectivity index (χ0) is 24.3. The second kappa shape index (κ2) is 9.69. The highest BCUT2D eigenvalue weighted by Crippen LogP contribution is 2.20. The number of hydrogen-bond donors (Lipinski definition) is 1. The molecular weight excluding hydrogens is 450 g/mol. The molecular formula is C26H27N3O4S. The van der Waals surface area contributed by atoms with Crippen LogP contribution in [-0.4, -0.2) is 56.2 Å². The van der Waals surface area contributed by atoms with Gasteiger partial charge in [-0.15, -0.1) is 0 Å². The summed E-state index contributed by atoms with van der Waals surface area (Å²) in [7, 11) is -3.77. The minimum atomic E-state index is -3.77. The third kappa shape index (κ3) is 5.12. The summed E-state index contributed by atoms with van der Waals surface area (Å²) in [5.74, 6) is -0.226. The first-order valence-electron chi connectivity index (χ1n) is 11.1. The van der Waals surface area contributed by atoms with Crippen LogP contribution in [0.3, 0.4) is 0 Å². The average molecular weight is 478 g/mol. The van der Waals surface area contributed by atoms with Gasteiger partial charge >= 0.3 is 0 Å². The van der Waals surface area contributed by atoms with E-state index < -0.39 is 10.0 Å². The van der Waals surface area contributed by atoms with Gasteiger partial charge < -0.3 is 9.80 Å². The van der Waals surface area contributed by atoms with Crippen LogP contribution in [0.5, 0.6) is 0 Å². The van der Waals surface area contributed by atoms with Gasteiger partial charge in [-0.1, -0.05) is 24.3 Å². The summed E-state index contributed by atoms with van der Waals surface area (Å²) in [6, 6.07) is 20.4. The molecule has 0 saturated carbocycles. The highest BCUT2D eigenvalue weighted by molar-refractivity contribution is 7.92. The molecule has 1 N–H and O–H groups in total. The Morgan fingerprint density at radius 3 is 1.76 bits per heavy atom. The van der Waals surface area contributed by atoms with Crippen LogP contribution in [0.15, 0.2) is 77.7 Å². The number of nitrogens with zero attached hydrogens (tertiary/aromatic N) is 2. The molecule has 7 nitrogen and oxygen atoms in total. The van der Waals surface area contributed by atoms with E-state index in [-0.39, 0.29) is 16.7 Å². The van der Waals surface area contributed by atoms with Gasteiger partial charge in [0, 0.05) is 43.0 Å². The Balaban J connectivity index is 1.38. The Bertz CT molecular complexity index is 1300. The zero-order valence-corrected chi connectivity index (χ0v) is 20.0. The molecule has 0 radical (unpaired) electrons.